The van der Waals surface area contributed by atoms with E-state index < -0.39 is 0 Å². The lowest BCUT2D eigenvalue weighted by atomic mass is 10.1. The zero-order valence-corrected chi connectivity index (χ0v) is 11.0. The molecule has 0 N–H and O–H groups in total. The Bertz CT molecular complexity index is 358. The standard InChI is InChI=1S/C13H22N2O2/c1-4-7-17-8-6-13(16)10-12-9-11(5-2)14-15(12)3/h9H,4-8,10H2,1-3H3. The summed E-state index contributed by atoms with van der Waals surface area (Å²) < 4.78 is 7.10. The summed E-state index contributed by atoms with van der Waals surface area (Å²) in [5.74, 6) is 0.215. The molecular weight excluding hydrogens is 216 g/mol. The molecule has 0 aliphatic rings. The molecule has 1 aromatic heterocycles. The minimum atomic E-state index is 0.215. The zero-order chi connectivity index (χ0) is 12.7. The number of nitrogens with zero attached hydrogens (tertiary/aromatic N) is 2. The van der Waals surface area contributed by atoms with Crippen LogP contribution in [0.15, 0.2) is 6.07 Å². The van der Waals surface area contributed by atoms with E-state index in [2.05, 4.69) is 18.9 Å². The van der Waals surface area contributed by atoms with Crippen molar-refractivity contribution in [1.82, 2.24) is 9.78 Å². The van der Waals surface area contributed by atoms with E-state index in [0.29, 0.717) is 19.4 Å². The minimum Gasteiger partial charge on any atom is -0.381 e. The molecule has 1 heterocycles. The molecule has 0 aromatic carbocycles. The van der Waals surface area contributed by atoms with Gasteiger partial charge in [-0.15, -0.1) is 0 Å². The van der Waals surface area contributed by atoms with Crippen LogP contribution in [-0.4, -0.2) is 28.8 Å². The van der Waals surface area contributed by atoms with Crippen molar-refractivity contribution in [3.63, 3.8) is 0 Å². The van der Waals surface area contributed by atoms with Gasteiger partial charge in [0.15, 0.2) is 0 Å². The Balaban J connectivity index is 2.36. The normalized spacial score (nSPS) is 10.8. The number of rotatable bonds is 8. The maximum Gasteiger partial charge on any atom is 0.141 e. The molecule has 4 nitrogen and oxygen atoms in total. The smallest absolute Gasteiger partial charge is 0.141 e. The van der Waals surface area contributed by atoms with E-state index in [1.165, 1.54) is 0 Å². The van der Waals surface area contributed by atoms with Gasteiger partial charge in [-0.25, -0.2) is 0 Å². The first-order valence-corrected chi connectivity index (χ1v) is 6.28. The van der Waals surface area contributed by atoms with Crippen molar-refractivity contribution < 1.29 is 9.53 Å². The molecule has 0 saturated heterocycles. The highest BCUT2D eigenvalue weighted by atomic mass is 16.5. The van der Waals surface area contributed by atoms with Crippen molar-refractivity contribution in [2.24, 2.45) is 7.05 Å². The van der Waals surface area contributed by atoms with Crippen LogP contribution >= 0.6 is 0 Å². The second-order valence-electron chi connectivity index (χ2n) is 4.18. The highest BCUT2D eigenvalue weighted by Gasteiger charge is 2.09. The Hall–Kier alpha value is -1.16. The van der Waals surface area contributed by atoms with Gasteiger partial charge in [0.25, 0.3) is 0 Å². The van der Waals surface area contributed by atoms with Crippen LogP contribution < -0.4 is 0 Å². The number of aromatic nitrogens is 2. The average molecular weight is 238 g/mol. The molecular formula is C13H22N2O2. The third-order valence-corrected chi connectivity index (χ3v) is 2.64. The van der Waals surface area contributed by atoms with Crippen molar-refractivity contribution >= 4 is 5.78 Å². The number of aryl methyl sites for hydroxylation is 2. The van der Waals surface area contributed by atoms with Gasteiger partial charge in [-0.1, -0.05) is 13.8 Å². The topological polar surface area (TPSA) is 44.1 Å². The predicted molar refractivity (Wildman–Crippen MR) is 67.0 cm³/mol. The van der Waals surface area contributed by atoms with Gasteiger partial charge in [0, 0.05) is 32.2 Å². The fourth-order valence-corrected chi connectivity index (χ4v) is 1.63. The van der Waals surface area contributed by atoms with E-state index in [1.54, 1.807) is 4.68 Å². The molecule has 96 valence electrons. The summed E-state index contributed by atoms with van der Waals surface area (Å²) in [5, 5.41) is 4.33. The van der Waals surface area contributed by atoms with Gasteiger partial charge in [0.05, 0.1) is 12.3 Å². The molecule has 0 aliphatic heterocycles. The molecule has 0 unspecified atom stereocenters. The summed E-state index contributed by atoms with van der Waals surface area (Å²) in [7, 11) is 1.88. The summed E-state index contributed by atoms with van der Waals surface area (Å²) in [5.41, 5.74) is 2.03. The summed E-state index contributed by atoms with van der Waals surface area (Å²) in [6.45, 7) is 5.39. The maximum absolute atomic E-state index is 11.7. The Morgan fingerprint density at radius 3 is 2.76 bits per heavy atom. The first-order valence-electron chi connectivity index (χ1n) is 6.28. The van der Waals surface area contributed by atoms with Gasteiger partial charge in [0.1, 0.15) is 5.78 Å². The second kappa shape index (κ2) is 7.22. The lowest BCUT2D eigenvalue weighted by molar-refractivity contribution is -0.119. The fraction of sp³-hybridized carbons (Fsp3) is 0.692. The SMILES string of the molecule is CCCOCCC(=O)Cc1cc(CC)nn1C. The van der Waals surface area contributed by atoms with E-state index >= 15 is 0 Å². The third-order valence-electron chi connectivity index (χ3n) is 2.64. The highest BCUT2D eigenvalue weighted by molar-refractivity contribution is 5.80. The average Bonchev–Trinajstić information content (AvgIpc) is 2.66. The number of carbonyl (C=O) groups is 1. The largest absolute Gasteiger partial charge is 0.381 e. The van der Waals surface area contributed by atoms with Crippen molar-refractivity contribution in [2.75, 3.05) is 13.2 Å². The summed E-state index contributed by atoms with van der Waals surface area (Å²) >= 11 is 0. The maximum atomic E-state index is 11.7. The summed E-state index contributed by atoms with van der Waals surface area (Å²) in [6.07, 6.45) is 2.85. The lowest BCUT2D eigenvalue weighted by Crippen LogP contribution is -2.10. The highest BCUT2D eigenvalue weighted by Crippen LogP contribution is 2.06. The Labute approximate surface area is 103 Å². The number of ether oxygens (including phenoxy) is 1. The Morgan fingerprint density at radius 2 is 2.18 bits per heavy atom. The van der Waals surface area contributed by atoms with E-state index in [1.807, 2.05) is 13.1 Å². The van der Waals surface area contributed by atoms with Crippen LogP contribution in [-0.2, 0) is 29.4 Å². The lowest BCUT2D eigenvalue weighted by Gasteiger charge is -2.02. The van der Waals surface area contributed by atoms with Crippen LogP contribution in [0.25, 0.3) is 0 Å². The van der Waals surface area contributed by atoms with Gasteiger partial charge in [-0.05, 0) is 18.9 Å². The molecule has 1 rings (SSSR count). The molecule has 0 saturated carbocycles. The third kappa shape index (κ3) is 4.69. The van der Waals surface area contributed by atoms with Crippen LogP contribution in [0.2, 0.25) is 0 Å². The number of hydrogen-bond acceptors (Lipinski definition) is 3. The zero-order valence-electron chi connectivity index (χ0n) is 11.0. The molecule has 0 radical (unpaired) electrons. The van der Waals surface area contributed by atoms with Crippen LogP contribution in [0.4, 0.5) is 0 Å². The van der Waals surface area contributed by atoms with Gasteiger partial charge >= 0.3 is 0 Å². The van der Waals surface area contributed by atoms with Gasteiger partial charge in [-0.2, -0.15) is 5.10 Å². The van der Waals surface area contributed by atoms with E-state index in [9.17, 15) is 4.79 Å². The quantitative estimate of drug-likeness (QED) is 0.650. The minimum absolute atomic E-state index is 0.215. The molecule has 0 amide bonds. The van der Waals surface area contributed by atoms with E-state index in [4.69, 9.17) is 4.74 Å². The van der Waals surface area contributed by atoms with Crippen LogP contribution in [0.3, 0.4) is 0 Å². The van der Waals surface area contributed by atoms with Crippen molar-refractivity contribution in [3.8, 4) is 0 Å². The first-order chi connectivity index (χ1) is 8.17. The molecule has 17 heavy (non-hydrogen) atoms. The molecule has 0 atom stereocenters. The Kier molecular flexibility index (Phi) is 5.91. The van der Waals surface area contributed by atoms with Crippen LogP contribution in [0.5, 0.6) is 0 Å². The number of ketones is 1. The Morgan fingerprint density at radius 1 is 1.41 bits per heavy atom. The molecule has 0 bridgehead atoms. The van der Waals surface area contributed by atoms with Gasteiger partial charge in [-0.3, -0.25) is 9.48 Å². The van der Waals surface area contributed by atoms with Crippen molar-refractivity contribution in [1.29, 1.82) is 0 Å². The predicted octanol–water partition coefficient (Wildman–Crippen LogP) is 1.91. The molecule has 1 aromatic rings. The van der Waals surface area contributed by atoms with Gasteiger partial charge in [0.2, 0.25) is 0 Å². The molecule has 0 aliphatic carbocycles. The van der Waals surface area contributed by atoms with Crippen LogP contribution in [0, 0.1) is 0 Å². The van der Waals surface area contributed by atoms with Crippen molar-refractivity contribution in [3.05, 3.63) is 17.5 Å². The van der Waals surface area contributed by atoms with Crippen molar-refractivity contribution in [2.45, 2.75) is 39.5 Å². The first kappa shape index (κ1) is 13.9. The number of hydrogen-bond donors (Lipinski definition) is 0. The molecule has 0 spiro atoms. The second-order valence-corrected chi connectivity index (χ2v) is 4.18. The van der Waals surface area contributed by atoms with E-state index in [0.717, 1.165) is 30.8 Å². The fourth-order valence-electron chi connectivity index (χ4n) is 1.63. The monoisotopic (exact) mass is 238 g/mol. The van der Waals surface area contributed by atoms with E-state index in [-0.39, 0.29) is 5.78 Å². The number of Topliss-reactive ketones (excluding diaryl/α,β-unsaturated/α-hetero) is 1. The molecule has 4 heteroatoms. The number of carbonyl (C=O) groups excluding carboxylic acids is 1. The van der Waals surface area contributed by atoms with Gasteiger partial charge < -0.3 is 4.74 Å². The summed E-state index contributed by atoms with van der Waals surface area (Å²) in [6, 6.07) is 2.00. The molecule has 0 fully saturated rings. The van der Waals surface area contributed by atoms with Crippen LogP contribution in [0.1, 0.15) is 38.1 Å². The summed E-state index contributed by atoms with van der Waals surface area (Å²) in [4.78, 5) is 11.7.